The lowest BCUT2D eigenvalue weighted by Gasteiger charge is -2.40. The topological polar surface area (TPSA) is 72.2 Å². The molecule has 4 nitrogen and oxygen atoms in total. The first-order valence-electron chi connectivity index (χ1n) is 6.40. The van der Waals surface area contributed by atoms with Gasteiger partial charge in [-0.2, -0.15) is 11.8 Å². The van der Waals surface area contributed by atoms with Crippen LogP contribution in [0.2, 0.25) is 0 Å². The second-order valence-corrected chi connectivity index (χ2v) is 8.23. The third-order valence-corrected chi connectivity index (χ3v) is 6.75. The summed E-state index contributed by atoms with van der Waals surface area (Å²) < 4.78 is 40.6. The van der Waals surface area contributed by atoms with E-state index in [0.29, 0.717) is 6.54 Å². The monoisotopic (exact) mass is 318 g/mol. The first-order chi connectivity index (χ1) is 9.30. The summed E-state index contributed by atoms with van der Waals surface area (Å²) in [6, 6.07) is 2.31. The van der Waals surface area contributed by atoms with Gasteiger partial charge in [-0.05, 0) is 38.2 Å². The SMILES string of the molecule is CSC1(CNS(=O)(=O)c2cc(N)c(C)c(F)c2)CCC1. The van der Waals surface area contributed by atoms with Crippen molar-refractivity contribution in [3.05, 3.63) is 23.5 Å². The Bertz CT molecular complexity index is 584. The summed E-state index contributed by atoms with van der Waals surface area (Å²) in [5.74, 6) is -0.603. The van der Waals surface area contributed by atoms with Crippen LogP contribution in [0.5, 0.6) is 0 Å². The smallest absolute Gasteiger partial charge is 0.240 e. The average molecular weight is 318 g/mol. The Labute approximate surface area is 123 Å². The first-order valence-corrected chi connectivity index (χ1v) is 9.11. The van der Waals surface area contributed by atoms with Crippen molar-refractivity contribution in [2.75, 3.05) is 18.5 Å². The van der Waals surface area contributed by atoms with Gasteiger partial charge in [0.15, 0.2) is 0 Å². The molecule has 1 aromatic rings. The molecule has 0 amide bonds. The van der Waals surface area contributed by atoms with E-state index in [1.54, 1.807) is 11.8 Å². The zero-order valence-corrected chi connectivity index (χ0v) is 13.2. The van der Waals surface area contributed by atoms with E-state index >= 15 is 0 Å². The number of sulfonamides is 1. The minimum atomic E-state index is -3.72. The van der Waals surface area contributed by atoms with Gasteiger partial charge >= 0.3 is 0 Å². The fourth-order valence-electron chi connectivity index (χ4n) is 2.16. The van der Waals surface area contributed by atoms with Crippen LogP contribution in [0.25, 0.3) is 0 Å². The Hall–Kier alpha value is -0.790. The van der Waals surface area contributed by atoms with Crippen LogP contribution in [0.15, 0.2) is 17.0 Å². The zero-order chi connectivity index (χ0) is 15.0. The van der Waals surface area contributed by atoms with Crippen LogP contribution >= 0.6 is 11.8 Å². The van der Waals surface area contributed by atoms with Crippen LogP contribution in [0.1, 0.15) is 24.8 Å². The molecule has 0 atom stereocenters. The largest absolute Gasteiger partial charge is 0.398 e. The molecule has 0 bridgehead atoms. The quantitative estimate of drug-likeness (QED) is 0.817. The molecule has 1 saturated carbocycles. The highest BCUT2D eigenvalue weighted by Gasteiger charge is 2.37. The van der Waals surface area contributed by atoms with Crippen molar-refractivity contribution in [1.82, 2.24) is 4.72 Å². The number of anilines is 1. The van der Waals surface area contributed by atoms with Gasteiger partial charge in [0.1, 0.15) is 5.82 Å². The van der Waals surface area contributed by atoms with Gasteiger partial charge in [0.05, 0.1) is 4.90 Å². The van der Waals surface area contributed by atoms with Crippen molar-refractivity contribution in [3.8, 4) is 0 Å². The van der Waals surface area contributed by atoms with E-state index in [0.717, 1.165) is 25.3 Å². The number of nitrogen functional groups attached to an aromatic ring is 1. The van der Waals surface area contributed by atoms with Gasteiger partial charge in [-0.25, -0.2) is 17.5 Å². The molecule has 0 aliphatic heterocycles. The summed E-state index contributed by atoms with van der Waals surface area (Å²) in [4.78, 5) is -0.117. The number of halogens is 1. The van der Waals surface area contributed by atoms with Gasteiger partial charge in [-0.15, -0.1) is 0 Å². The minimum absolute atomic E-state index is 0.0120. The third-order valence-electron chi connectivity index (χ3n) is 3.95. The van der Waals surface area contributed by atoms with Gasteiger partial charge in [0.2, 0.25) is 10.0 Å². The van der Waals surface area contributed by atoms with E-state index in [1.165, 1.54) is 13.0 Å². The molecule has 7 heteroatoms. The molecule has 2 rings (SSSR count). The Morgan fingerprint density at radius 3 is 2.55 bits per heavy atom. The Kier molecular flexibility index (Phi) is 4.32. The summed E-state index contributed by atoms with van der Waals surface area (Å²) in [6.07, 6.45) is 5.10. The van der Waals surface area contributed by atoms with E-state index < -0.39 is 15.8 Å². The standard InChI is InChI=1S/C13H19FN2O2S2/c1-9-11(14)6-10(7-12(9)15)20(17,18)16-8-13(19-2)4-3-5-13/h6-7,16H,3-5,8,15H2,1-2H3. The van der Waals surface area contributed by atoms with Crippen molar-refractivity contribution in [2.24, 2.45) is 0 Å². The van der Waals surface area contributed by atoms with Gasteiger partial charge in [-0.3, -0.25) is 0 Å². The molecule has 0 aromatic heterocycles. The summed E-state index contributed by atoms with van der Waals surface area (Å²) in [6.45, 7) is 1.89. The number of nitrogens with one attached hydrogen (secondary N) is 1. The van der Waals surface area contributed by atoms with Gasteiger partial charge in [-0.1, -0.05) is 6.42 Å². The summed E-state index contributed by atoms with van der Waals surface area (Å²) in [7, 11) is -3.72. The van der Waals surface area contributed by atoms with Crippen molar-refractivity contribution in [1.29, 1.82) is 0 Å². The second kappa shape index (κ2) is 5.54. The van der Waals surface area contributed by atoms with Crippen molar-refractivity contribution < 1.29 is 12.8 Å². The predicted octanol–water partition coefficient (Wildman–Crippen LogP) is 2.28. The zero-order valence-electron chi connectivity index (χ0n) is 11.6. The maximum atomic E-state index is 13.6. The Morgan fingerprint density at radius 1 is 1.45 bits per heavy atom. The first kappa shape index (κ1) is 15.6. The van der Waals surface area contributed by atoms with Crippen LogP contribution in [0, 0.1) is 12.7 Å². The van der Waals surface area contributed by atoms with E-state index in [-0.39, 0.29) is 20.9 Å². The van der Waals surface area contributed by atoms with E-state index in [1.807, 2.05) is 6.26 Å². The molecular weight excluding hydrogens is 299 g/mol. The van der Waals surface area contributed by atoms with Gasteiger partial charge < -0.3 is 5.73 Å². The highest BCUT2D eigenvalue weighted by atomic mass is 32.2. The lowest BCUT2D eigenvalue weighted by Crippen LogP contribution is -2.45. The average Bonchev–Trinajstić information content (AvgIpc) is 2.34. The lowest BCUT2D eigenvalue weighted by molar-refractivity contribution is 0.362. The van der Waals surface area contributed by atoms with Gasteiger partial charge in [0, 0.05) is 22.5 Å². The lowest BCUT2D eigenvalue weighted by atomic mass is 9.84. The van der Waals surface area contributed by atoms with Crippen molar-refractivity contribution in [2.45, 2.75) is 35.8 Å². The normalized spacial score (nSPS) is 17.8. The molecule has 0 saturated heterocycles. The fraction of sp³-hybridized carbons (Fsp3) is 0.538. The molecule has 0 heterocycles. The van der Waals surface area contributed by atoms with Crippen LogP contribution in [0.4, 0.5) is 10.1 Å². The van der Waals surface area contributed by atoms with Crippen LogP contribution in [-0.4, -0.2) is 26.0 Å². The summed E-state index contributed by atoms with van der Waals surface area (Å²) in [5, 5.41) is 0. The van der Waals surface area contributed by atoms with E-state index in [4.69, 9.17) is 5.73 Å². The molecule has 0 unspecified atom stereocenters. The van der Waals surface area contributed by atoms with Crippen molar-refractivity contribution >= 4 is 27.5 Å². The molecule has 20 heavy (non-hydrogen) atoms. The van der Waals surface area contributed by atoms with E-state index in [9.17, 15) is 12.8 Å². The fourth-order valence-corrected chi connectivity index (χ4v) is 4.34. The van der Waals surface area contributed by atoms with Crippen LogP contribution < -0.4 is 10.5 Å². The molecule has 0 spiro atoms. The summed E-state index contributed by atoms with van der Waals surface area (Å²) in [5.41, 5.74) is 6.04. The van der Waals surface area contributed by atoms with Crippen molar-refractivity contribution in [3.63, 3.8) is 0 Å². The summed E-state index contributed by atoms with van der Waals surface area (Å²) >= 11 is 1.68. The Morgan fingerprint density at radius 2 is 2.10 bits per heavy atom. The number of hydrogen-bond acceptors (Lipinski definition) is 4. The number of hydrogen-bond donors (Lipinski definition) is 2. The number of nitrogens with two attached hydrogens (primary N) is 1. The molecule has 1 aliphatic carbocycles. The highest BCUT2D eigenvalue weighted by molar-refractivity contribution is 8.00. The number of rotatable bonds is 5. The number of thioether (sulfide) groups is 1. The second-order valence-electron chi connectivity index (χ2n) is 5.18. The Balaban J connectivity index is 2.18. The van der Waals surface area contributed by atoms with Crippen LogP contribution in [-0.2, 0) is 10.0 Å². The number of benzene rings is 1. The molecular formula is C13H19FN2O2S2. The molecule has 1 aromatic carbocycles. The molecule has 1 fully saturated rings. The van der Waals surface area contributed by atoms with E-state index in [2.05, 4.69) is 4.72 Å². The van der Waals surface area contributed by atoms with Crippen LogP contribution in [0.3, 0.4) is 0 Å². The maximum Gasteiger partial charge on any atom is 0.240 e. The minimum Gasteiger partial charge on any atom is -0.398 e. The predicted molar refractivity (Wildman–Crippen MR) is 80.8 cm³/mol. The maximum absolute atomic E-state index is 13.6. The highest BCUT2D eigenvalue weighted by Crippen LogP contribution is 2.42. The molecule has 1 aliphatic rings. The molecule has 0 radical (unpaired) electrons. The molecule has 112 valence electrons. The molecule has 3 N–H and O–H groups in total. The van der Waals surface area contributed by atoms with Gasteiger partial charge in [0.25, 0.3) is 0 Å². The third kappa shape index (κ3) is 2.94.